The second kappa shape index (κ2) is 8.53. The van der Waals surface area contributed by atoms with Gasteiger partial charge >= 0.3 is 0 Å². The van der Waals surface area contributed by atoms with Crippen LogP contribution in [0, 0.1) is 11.7 Å². The maximum absolute atomic E-state index is 13.4. The van der Waals surface area contributed by atoms with Gasteiger partial charge in [-0.1, -0.05) is 12.1 Å². The van der Waals surface area contributed by atoms with Crippen molar-refractivity contribution >= 4 is 37.5 Å². The Labute approximate surface area is 190 Å². The zero-order valence-electron chi connectivity index (χ0n) is 17.5. The molecule has 1 aromatic heterocycles. The number of hydrogen-bond donors (Lipinski definition) is 0. The van der Waals surface area contributed by atoms with Crippen LogP contribution in [0.3, 0.4) is 0 Å². The van der Waals surface area contributed by atoms with Crippen LogP contribution in [0.1, 0.15) is 36.7 Å². The van der Waals surface area contributed by atoms with Crippen LogP contribution in [0.4, 0.5) is 4.39 Å². The zero-order chi connectivity index (χ0) is 22.3. The highest BCUT2D eigenvalue weighted by Crippen LogP contribution is 2.38. The van der Waals surface area contributed by atoms with Gasteiger partial charge in [-0.3, -0.25) is 4.79 Å². The number of carbonyl (C=O) groups excluding carboxylic acids is 1. The molecular formula is C23H24FN3O3S2. The summed E-state index contributed by atoms with van der Waals surface area (Å²) in [6, 6.07) is 12.9. The standard InChI is InChI=1S/C23H24FN3O3S2/c24-17-7-9-18(10-8-17)32(29,30)26-14-11-16(12-15-26)23(28)27-13-3-5-20(27)22-25-19-4-1-2-6-21(19)31-22/h1-2,4,6-10,16,20H,3,5,11-15H2. The number of nitrogens with zero attached hydrogens (tertiary/aromatic N) is 3. The van der Waals surface area contributed by atoms with Gasteiger partial charge in [0.25, 0.3) is 0 Å². The third-order valence-electron chi connectivity index (χ3n) is 6.39. The van der Waals surface area contributed by atoms with Crippen LogP contribution in [0.25, 0.3) is 10.2 Å². The fourth-order valence-electron chi connectivity index (χ4n) is 4.65. The van der Waals surface area contributed by atoms with Gasteiger partial charge in [0.15, 0.2) is 0 Å². The Hall–Kier alpha value is -2.36. The van der Waals surface area contributed by atoms with E-state index in [1.165, 1.54) is 16.4 Å². The van der Waals surface area contributed by atoms with Gasteiger partial charge in [0.2, 0.25) is 15.9 Å². The third-order valence-corrected chi connectivity index (χ3v) is 9.44. The number of hydrogen-bond acceptors (Lipinski definition) is 5. The normalized spacial score (nSPS) is 20.8. The van der Waals surface area contributed by atoms with E-state index in [2.05, 4.69) is 6.07 Å². The molecule has 0 spiro atoms. The molecule has 2 aromatic carbocycles. The van der Waals surface area contributed by atoms with E-state index in [0.717, 1.165) is 40.2 Å². The highest BCUT2D eigenvalue weighted by molar-refractivity contribution is 7.89. The monoisotopic (exact) mass is 473 g/mol. The Morgan fingerprint density at radius 3 is 2.44 bits per heavy atom. The van der Waals surface area contributed by atoms with Crippen LogP contribution in [-0.2, 0) is 14.8 Å². The first-order chi connectivity index (χ1) is 15.4. The number of rotatable bonds is 4. The second-order valence-electron chi connectivity index (χ2n) is 8.34. The summed E-state index contributed by atoms with van der Waals surface area (Å²) in [7, 11) is -3.68. The van der Waals surface area contributed by atoms with Crippen molar-refractivity contribution in [2.24, 2.45) is 5.92 Å². The zero-order valence-corrected chi connectivity index (χ0v) is 19.1. The van der Waals surface area contributed by atoms with Crippen molar-refractivity contribution in [1.29, 1.82) is 0 Å². The molecule has 1 atom stereocenters. The van der Waals surface area contributed by atoms with Crippen molar-refractivity contribution < 1.29 is 17.6 Å². The molecule has 0 N–H and O–H groups in total. The number of carbonyl (C=O) groups is 1. The quantitative estimate of drug-likeness (QED) is 0.570. The number of likely N-dealkylation sites (tertiary alicyclic amines) is 1. The molecule has 0 radical (unpaired) electrons. The smallest absolute Gasteiger partial charge is 0.243 e. The second-order valence-corrected chi connectivity index (χ2v) is 11.3. The minimum atomic E-state index is -3.68. The molecule has 32 heavy (non-hydrogen) atoms. The van der Waals surface area contributed by atoms with Gasteiger partial charge in [0, 0.05) is 25.6 Å². The lowest BCUT2D eigenvalue weighted by Gasteiger charge is -2.34. The highest BCUT2D eigenvalue weighted by atomic mass is 32.2. The van der Waals surface area contributed by atoms with Crippen molar-refractivity contribution in [3.63, 3.8) is 0 Å². The van der Waals surface area contributed by atoms with Crippen LogP contribution in [-0.4, -0.2) is 48.1 Å². The third kappa shape index (κ3) is 3.93. The average Bonchev–Trinajstić information content (AvgIpc) is 3.46. The summed E-state index contributed by atoms with van der Waals surface area (Å²) in [5.74, 6) is -0.559. The van der Waals surface area contributed by atoms with Gasteiger partial charge in [-0.05, 0) is 62.1 Å². The lowest BCUT2D eigenvalue weighted by Crippen LogP contribution is -2.44. The van der Waals surface area contributed by atoms with E-state index in [1.807, 2.05) is 23.1 Å². The molecule has 3 heterocycles. The summed E-state index contributed by atoms with van der Waals surface area (Å²) in [5.41, 5.74) is 0.964. The number of aromatic nitrogens is 1. The van der Waals surface area contributed by atoms with Crippen molar-refractivity contribution in [1.82, 2.24) is 14.2 Å². The van der Waals surface area contributed by atoms with E-state index in [9.17, 15) is 17.6 Å². The Morgan fingerprint density at radius 1 is 1.00 bits per heavy atom. The number of thiazole rings is 1. The fraction of sp³-hybridized carbons (Fsp3) is 0.391. The van der Waals surface area contributed by atoms with E-state index < -0.39 is 15.8 Å². The van der Waals surface area contributed by atoms with Gasteiger partial charge in [0.1, 0.15) is 10.8 Å². The summed E-state index contributed by atoms with van der Waals surface area (Å²) < 4.78 is 41.4. The molecule has 6 nitrogen and oxygen atoms in total. The molecule has 9 heteroatoms. The number of para-hydroxylation sites is 1. The Balaban J connectivity index is 1.27. The molecule has 1 amide bonds. The van der Waals surface area contributed by atoms with Crippen LogP contribution < -0.4 is 0 Å². The Bertz CT molecular complexity index is 1200. The predicted molar refractivity (Wildman–Crippen MR) is 121 cm³/mol. The highest BCUT2D eigenvalue weighted by Gasteiger charge is 2.38. The van der Waals surface area contributed by atoms with E-state index >= 15 is 0 Å². The summed E-state index contributed by atoms with van der Waals surface area (Å²) in [5, 5.41) is 0.980. The SMILES string of the molecule is O=C(C1CCN(S(=O)(=O)c2ccc(F)cc2)CC1)N1CCCC1c1nc2ccccc2s1. The van der Waals surface area contributed by atoms with Gasteiger partial charge < -0.3 is 4.90 Å². The molecule has 168 valence electrons. The van der Waals surface area contributed by atoms with Crippen LogP contribution in [0.5, 0.6) is 0 Å². The van der Waals surface area contributed by atoms with Crippen LogP contribution in [0.2, 0.25) is 0 Å². The summed E-state index contributed by atoms with van der Waals surface area (Å²) in [4.78, 5) is 20.2. The van der Waals surface area contributed by atoms with E-state index in [0.29, 0.717) is 19.4 Å². The molecule has 2 aliphatic heterocycles. The topological polar surface area (TPSA) is 70.6 Å². The number of halogens is 1. The Kier molecular flexibility index (Phi) is 5.73. The van der Waals surface area contributed by atoms with Crippen LogP contribution >= 0.6 is 11.3 Å². The molecule has 0 saturated carbocycles. The Morgan fingerprint density at radius 2 is 1.72 bits per heavy atom. The molecule has 2 saturated heterocycles. The molecule has 2 aliphatic rings. The number of benzene rings is 2. The predicted octanol–water partition coefficient (Wildman–Crippen LogP) is 4.20. The van der Waals surface area contributed by atoms with Crippen molar-refractivity contribution in [3.05, 3.63) is 59.4 Å². The number of fused-ring (bicyclic) bond motifs is 1. The van der Waals surface area contributed by atoms with Gasteiger partial charge in [-0.25, -0.2) is 17.8 Å². The lowest BCUT2D eigenvalue weighted by atomic mass is 9.96. The number of sulfonamides is 1. The maximum Gasteiger partial charge on any atom is 0.243 e. The minimum absolute atomic E-state index is 0.000812. The first-order valence-corrected chi connectivity index (χ1v) is 13.1. The van der Waals surface area contributed by atoms with Crippen molar-refractivity contribution in [3.8, 4) is 0 Å². The number of piperidine rings is 1. The van der Waals surface area contributed by atoms with E-state index in [4.69, 9.17) is 4.98 Å². The summed E-state index contributed by atoms with van der Waals surface area (Å²) in [6.45, 7) is 1.29. The van der Waals surface area contributed by atoms with Crippen molar-refractivity contribution in [2.45, 2.75) is 36.6 Å². The minimum Gasteiger partial charge on any atom is -0.333 e. The average molecular weight is 474 g/mol. The molecule has 3 aromatic rings. The molecular weight excluding hydrogens is 449 g/mol. The maximum atomic E-state index is 13.4. The first kappa shape index (κ1) is 21.5. The first-order valence-electron chi connectivity index (χ1n) is 10.8. The fourth-order valence-corrected chi connectivity index (χ4v) is 7.24. The molecule has 1 unspecified atom stereocenters. The largest absolute Gasteiger partial charge is 0.333 e. The lowest BCUT2D eigenvalue weighted by molar-refractivity contribution is -0.137. The van der Waals surface area contributed by atoms with Gasteiger partial charge in [-0.15, -0.1) is 11.3 Å². The van der Waals surface area contributed by atoms with E-state index in [-0.39, 0.29) is 35.9 Å². The van der Waals surface area contributed by atoms with E-state index in [1.54, 1.807) is 11.3 Å². The van der Waals surface area contributed by atoms with Gasteiger partial charge in [0.05, 0.1) is 21.2 Å². The number of amides is 1. The summed E-state index contributed by atoms with van der Waals surface area (Å²) in [6.07, 6.45) is 2.83. The van der Waals surface area contributed by atoms with Crippen molar-refractivity contribution in [2.75, 3.05) is 19.6 Å². The molecule has 2 fully saturated rings. The molecule has 5 rings (SSSR count). The van der Waals surface area contributed by atoms with Crippen LogP contribution in [0.15, 0.2) is 53.4 Å². The van der Waals surface area contributed by atoms with Gasteiger partial charge in [-0.2, -0.15) is 4.31 Å². The summed E-state index contributed by atoms with van der Waals surface area (Å²) >= 11 is 1.65. The molecule has 0 aliphatic carbocycles. The molecule has 0 bridgehead atoms.